The molecule has 0 atom stereocenters. The molecule has 0 heterocycles. The fourth-order valence-electron chi connectivity index (χ4n) is 2.69. The first-order valence-corrected chi connectivity index (χ1v) is 11.3. The lowest BCUT2D eigenvalue weighted by atomic mass is 10.1. The molecule has 3 aromatic carbocycles. The number of carboxylic acid groups (broad SMARTS) is 2. The number of hydrogen-bond acceptors (Lipinski definition) is 6. The molecule has 0 bridgehead atoms. The molecule has 0 amide bonds. The first-order chi connectivity index (χ1) is 16.7. The normalized spacial score (nSPS) is 11.1. The molecule has 0 saturated carbocycles. The standard InChI is InChI=1S/C14H13NO4S.C8H4F3NO4/c16-14(17)12-6-8-13(9-7-12)15-20(18,19)10-11-4-2-1-3-5-11;9-8(10,11)5-1-4(7(13)14)2-6(3-5)12(15)16/h1-9,15H,10H2,(H,16,17);1-3H,(H,13,14). The van der Waals surface area contributed by atoms with Gasteiger partial charge in [0.1, 0.15) is 0 Å². The Hall–Kier alpha value is -4.46. The topological polar surface area (TPSA) is 164 Å². The predicted molar refractivity (Wildman–Crippen MR) is 121 cm³/mol. The highest BCUT2D eigenvalue weighted by atomic mass is 32.2. The van der Waals surface area contributed by atoms with E-state index in [0.29, 0.717) is 23.4 Å². The zero-order valence-corrected chi connectivity index (χ0v) is 18.8. The van der Waals surface area contributed by atoms with E-state index in [4.69, 9.17) is 10.2 Å². The number of alkyl halides is 3. The number of nitrogens with one attached hydrogen (secondary N) is 1. The van der Waals surface area contributed by atoms with E-state index in [9.17, 15) is 41.3 Å². The first kappa shape index (κ1) is 27.8. The number of benzene rings is 3. The van der Waals surface area contributed by atoms with E-state index < -0.39 is 49.9 Å². The molecule has 3 rings (SSSR count). The summed E-state index contributed by atoms with van der Waals surface area (Å²) in [6.07, 6.45) is -4.82. The van der Waals surface area contributed by atoms with E-state index in [2.05, 4.69) is 4.72 Å². The van der Waals surface area contributed by atoms with Gasteiger partial charge in [0, 0.05) is 17.8 Å². The van der Waals surface area contributed by atoms with Gasteiger partial charge in [-0.25, -0.2) is 18.0 Å². The molecule has 36 heavy (non-hydrogen) atoms. The maximum Gasteiger partial charge on any atom is 0.416 e. The molecular formula is C22H17F3N2O8S. The summed E-state index contributed by atoms with van der Waals surface area (Å²) in [5.41, 5.74) is -1.92. The van der Waals surface area contributed by atoms with Crippen molar-refractivity contribution in [2.75, 3.05) is 4.72 Å². The largest absolute Gasteiger partial charge is 0.478 e. The molecule has 0 saturated heterocycles. The Balaban J connectivity index is 0.000000261. The first-order valence-electron chi connectivity index (χ1n) is 9.65. The van der Waals surface area contributed by atoms with Crippen molar-refractivity contribution in [3.8, 4) is 0 Å². The number of nitrogens with zero attached hydrogens (tertiary/aromatic N) is 1. The minimum absolute atomic E-state index is 0.107. The average molecular weight is 526 g/mol. The third-order valence-corrected chi connectivity index (χ3v) is 5.57. The SMILES string of the molecule is O=C(O)c1cc([N+](=O)[O-])cc(C(F)(F)F)c1.O=C(O)c1ccc(NS(=O)(=O)Cc2ccccc2)cc1. The number of carboxylic acids is 2. The number of carbonyl (C=O) groups is 2. The van der Waals surface area contributed by atoms with Gasteiger partial charge in [0.2, 0.25) is 10.0 Å². The Bertz CT molecular complexity index is 1330. The molecule has 0 aliphatic rings. The van der Waals surface area contributed by atoms with Crippen molar-refractivity contribution in [1.29, 1.82) is 0 Å². The molecule has 0 aromatic heterocycles. The summed E-state index contributed by atoms with van der Waals surface area (Å²) in [4.78, 5) is 30.4. The van der Waals surface area contributed by atoms with Crippen LogP contribution in [0.1, 0.15) is 31.8 Å². The number of non-ortho nitro benzene ring substituents is 1. The van der Waals surface area contributed by atoms with Crippen LogP contribution in [0.2, 0.25) is 0 Å². The van der Waals surface area contributed by atoms with Crippen molar-refractivity contribution >= 4 is 33.3 Å². The second-order valence-corrected chi connectivity index (χ2v) is 8.78. The Morgan fingerprint density at radius 2 is 1.44 bits per heavy atom. The highest BCUT2D eigenvalue weighted by Gasteiger charge is 2.33. The fraction of sp³-hybridized carbons (Fsp3) is 0.0909. The summed E-state index contributed by atoms with van der Waals surface area (Å²) >= 11 is 0. The lowest BCUT2D eigenvalue weighted by Crippen LogP contribution is -2.15. The zero-order valence-electron chi connectivity index (χ0n) is 18.0. The van der Waals surface area contributed by atoms with Crippen molar-refractivity contribution in [2.24, 2.45) is 0 Å². The van der Waals surface area contributed by atoms with Gasteiger partial charge in [0.25, 0.3) is 5.69 Å². The Kier molecular flexibility index (Phi) is 8.73. The summed E-state index contributed by atoms with van der Waals surface area (Å²) < 4.78 is 63.1. The lowest BCUT2D eigenvalue weighted by molar-refractivity contribution is -0.385. The van der Waals surface area contributed by atoms with Gasteiger partial charge in [-0.3, -0.25) is 14.8 Å². The lowest BCUT2D eigenvalue weighted by Gasteiger charge is -2.08. The number of nitro groups is 1. The van der Waals surface area contributed by atoms with E-state index in [-0.39, 0.29) is 17.4 Å². The van der Waals surface area contributed by atoms with Crippen LogP contribution in [0, 0.1) is 10.1 Å². The van der Waals surface area contributed by atoms with Gasteiger partial charge in [0.15, 0.2) is 0 Å². The van der Waals surface area contributed by atoms with E-state index in [1.54, 1.807) is 24.3 Å². The third kappa shape index (κ3) is 8.39. The molecule has 190 valence electrons. The van der Waals surface area contributed by atoms with Gasteiger partial charge < -0.3 is 10.2 Å². The summed E-state index contributed by atoms with van der Waals surface area (Å²) in [6, 6.07) is 15.6. The molecule has 0 radical (unpaired) electrons. The number of sulfonamides is 1. The van der Waals surface area contributed by atoms with Crippen LogP contribution in [0.3, 0.4) is 0 Å². The van der Waals surface area contributed by atoms with Gasteiger partial charge in [-0.1, -0.05) is 30.3 Å². The second kappa shape index (κ2) is 11.3. The van der Waals surface area contributed by atoms with Crippen molar-refractivity contribution in [2.45, 2.75) is 11.9 Å². The van der Waals surface area contributed by atoms with Crippen LogP contribution in [-0.2, 0) is 22.0 Å². The van der Waals surface area contributed by atoms with Crippen molar-refractivity contribution < 1.29 is 46.3 Å². The van der Waals surface area contributed by atoms with Crippen molar-refractivity contribution in [3.05, 3.63) is 105 Å². The highest BCUT2D eigenvalue weighted by molar-refractivity contribution is 7.91. The number of halogens is 3. The number of hydrogen-bond donors (Lipinski definition) is 3. The molecule has 0 fully saturated rings. The smallest absolute Gasteiger partial charge is 0.416 e. The Morgan fingerprint density at radius 1 is 0.889 bits per heavy atom. The van der Waals surface area contributed by atoms with Crippen LogP contribution in [0.5, 0.6) is 0 Å². The van der Waals surface area contributed by atoms with E-state index >= 15 is 0 Å². The monoisotopic (exact) mass is 526 g/mol. The molecule has 0 aliphatic heterocycles. The summed E-state index contributed by atoms with van der Waals surface area (Å²) in [5, 5.41) is 27.6. The van der Waals surface area contributed by atoms with Crippen LogP contribution < -0.4 is 4.72 Å². The van der Waals surface area contributed by atoms with E-state index in [1.165, 1.54) is 24.3 Å². The van der Waals surface area contributed by atoms with Crippen LogP contribution in [0.25, 0.3) is 0 Å². The molecule has 0 unspecified atom stereocenters. The Morgan fingerprint density at radius 3 is 1.92 bits per heavy atom. The van der Waals surface area contributed by atoms with Gasteiger partial charge in [-0.05, 0) is 35.9 Å². The van der Waals surface area contributed by atoms with Crippen molar-refractivity contribution in [3.63, 3.8) is 0 Å². The summed E-state index contributed by atoms with van der Waals surface area (Å²) in [6.45, 7) is 0. The number of nitro benzene ring substituents is 1. The van der Waals surface area contributed by atoms with Gasteiger partial charge >= 0.3 is 18.1 Å². The number of aromatic carboxylic acids is 2. The molecular weight excluding hydrogens is 509 g/mol. The molecule has 10 nitrogen and oxygen atoms in total. The number of anilines is 1. The number of rotatable bonds is 7. The predicted octanol–water partition coefficient (Wildman–Crippen LogP) is 4.64. The summed E-state index contributed by atoms with van der Waals surface area (Å²) in [7, 11) is -3.52. The van der Waals surface area contributed by atoms with Crippen LogP contribution in [-0.4, -0.2) is 35.5 Å². The second-order valence-electron chi connectivity index (χ2n) is 7.06. The van der Waals surface area contributed by atoms with Crippen molar-refractivity contribution in [1.82, 2.24) is 0 Å². The quantitative estimate of drug-likeness (QED) is 0.296. The Labute approximate surface area is 201 Å². The van der Waals surface area contributed by atoms with E-state index in [0.717, 1.165) is 0 Å². The maximum atomic E-state index is 12.3. The maximum absolute atomic E-state index is 12.3. The average Bonchev–Trinajstić information content (AvgIpc) is 2.79. The van der Waals surface area contributed by atoms with Crippen LogP contribution in [0.15, 0.2) is 72.8 Å². The van der Waals surface area contributed by atoms with Crippen LogP contribution >= 0.6 is 0 Å². The van der Waals surface area contributed by atoms with Gasteiger partial charge in [-0.2, -0.15) is 13.2 Å². The van der Waals surface area contributed by atoms with Crippen LogP contribution in [0.4, 0.5) is 24.5 Å². The minimum atomic E-state index is -4.82. The zero-order chi connectivity index (χ0) is 27.1. The third-order valence-electron chi connectivity index (χ3n) is 4.31. The molecule has 3 aromatic rings. The van der Waals surface area contributed by atoms with Gasteiger partial charge in [0.05, 0.1) is 27.4 Å². The molecule has 0 spiro atoms. The molecule has 14 heteroatoms. The highest BCUT2D eigenvalue weighted by Crippen LogP contribution is 2.32. The summed E-state index contributed by atoms with van der Waals surface area (Å²) in [5.74, 6) is -2.84. The van der Waals surface area contributed by atoms with E-state index in [1.807, 2.05) is 6.07 Å². The fourth-order valence-corrected chi connectivity index (χ4v) is 3.89. The molecule has 0 aliphatic carbocycles. The van der Waals surface area contributed by atoms with Gasteiger partial charge in [-0.15, -0.1) is 0 Å². The minimum Gasteiger partial charge on any atom is -0.478 e. The molecule has 3 N–H and O–H groups in total.